The maximum atomic E-state index is 12.7. The molecule has 1 saturated heterocycles. The van der Waals surface area contributed by atoms with Crippen molar-refractivity contribution in [1.29, 1.82) is 0 Å². The lowest BCUT2D eigenvalue weighted by atomic mass is 10.1. The molecular weight excluding hydrogens is 328 g/mol. The van der Waals surface area contributed by atoms with E-state index in [4.69, 9.17) is 5.14 Å². The number of carbonyl (C=O) groups excluding carboxylic acids is 1. The van der Waals surface area contributed by atoms with Gasteiger partial charge >= 0.3 is 0 Å². The molecule has 1 aliphatic heterocycles. The molecule has 2 aromatic rings. The number of aromatic nitrogens is 2. The van der Waals surface area contributed by atoms with Crippen LogP contribution in [-0.2, 0) is 22.3 Å². The molecule has 0 saturated carbocycles. The highest BCUT2D eigenvalue weighted by atomic mass is 32.2. The highest BCUT2D eigenvalue weighted by Gasteiger charge is 2.29. The number of nitrogens with zero attached hydrogens (tertiary/aromatic N) is 3. The van der Waals surface area contributed by atoms with Gasteiger partial charge in [-0.1, -0.05) is 12.1 Å². The second-order valence-electron chi connectivity index (χ2n) is 6.03. The third-order valence-corrected chi connectivity index (χ3v) is 4.90. The van der Waals surface area contributed by atoms with Gasteiger partial charge in [-0.2, -0.15) is 5.10 Å². The molecule has 0 aliphatic carbocycles. The predicted molar refractivity (Wildman–Crippen MR) is 89.5 cm³/mol. The molecule has 2 heterocycles. The average Bonchev–Trinajstić information content (AvgIpc) is 3.18. The molecule has 0 unspecified atom stereocenters. The summed E-state index contributed by atoms with van der Waals surface area (Å²) in [6.45, 7) is 1.41. The van der Waals surface area contributed by atoms with Crippen LogP contribution in [-0.4, -0.2) is 41.6 Å². The van der Waals surface area contributed by atoms with Gasteiger partial charge in [-0.15, -0.1) is 0 Å². The molecule has 1 atom stereocenters. The van der Waals surface area contributed by atoms with E-state index in [9.17, 15) is 13.2 Å². The maximum absolute atomic E-state index is 12.7. The van der Waals surface area contributed by atoms with Crippen LogP contribution in [0.3, 0.4) is 0 Å². The number of nitrogens with two attached hydrogens (primary N) is 1. The first-order chi connectivity index (χ1) is 11.4. The highest BCUT2D eigenvalue weighted by molar-refractivity contribution is 7.88. The third kappa shape index (κ3) is 4.01. The monoisotopic (exact) mass is 348 g/mol. The number of hydrogen-bond acceptors (Lipinski definition) is 4. The van der Waals surface area contributed by atoms with Crippen LogP contribution in [0.15, 0.2) is 42.7 Å². The normalized spacial score (nSPS) is 18.0. The van der Waals surface area contributed by atoms with Gasteiger partial charge in [0.05, 0.1) is 18.3 Å². The van der Waals surface area contributed by atoms with Gasteiger partial charge in [0.15, 0.2) is 0 Å². The van der Waals surface area contributed by atoms with Crippen molar-refractivity contribution in [3.05, 3.63) is 53.9 Å². The lowest BCUT2D eigenvalue weighted by Gasteiger charge is -2.25. The van der Waals surface area contributed by atoms with Crippen molar-refractivity contribution < 1.29 is 13.2 Å². The Bertz CT molecular complexity index is 800. The van der Waals surface area contributed by atoms with Gasteiger partial charge in [0.2, 0.25) is 10.0 Å². The zero-order valence-electron chi connectivity index (χ0n) is 13.2. The maximum Gasteiger partial charge on any atom is 0.254 e. The second kappa shape index (κ2) is 6.74. The summed E-state index contributed by atoms with van der Waals surface area (Å²) in [5.41, 5.74) is 1.13. The second-order valence-corrected chi connectivity index (χ2v) is 7.64. The minimum absolute atomic E-state index is 0.0354. The molecule has 8 heteroatoms. The highest BCUT2D eigenvalue weighted by Crippen LogP contribution is 2.21. The van der Waals surface area contributed by atoms with Gasteiger partial charge in [0.1, 0.15) is 0 Å². The summed E-state index contributed by atoms with van der Waals surface area (Å²) in [4.78, 5) is 14.6. The van der Waals surface area contributed by atoms with Gasteiger partial charge in [-0.3, -0.25) is 9.48 Å². The largest absolute Gasteiger partial charge is 0.334 e. The van der Waals surface area contributed by atoms with Crippen LogP contribution >= 0.6 is 0 Å². The summed E-state index contributed by atoms with van der Waals surface area (Å²) in [6.07, 6.45) is 5.55. The summed E-state index contributed by atoms with van der Waals surface area (Å²) < 4.78 is 24.1. The van der Waals surface area contributed by atoms with E-state index < -0.39 is 10.0 Å². The Morgan fingerprint density at radius 1 is 1.29 bits per heavy atom. The fraction of sp³-hybridized carbons (Fsp3) is 0.375. The molecule has 1 aliphatic rings. The minimum atomic E-state index is -3.57. The van der Waals surface area contributed by atoms with Crippen molar-refractivity contribution in [1.82, 2.24) is 14.7 Å². The number of sulfonamides is 1. The molecule has 1 fully saturated rings. The number of rotatable bonds is 5. The number of carbonyl (C=O) groups is 1. The first-order valence-electron chi connectivity index (χ1n) is 7.80. The lowest BCUT2D eigenvalue weighted by Crippen LogP contribution is -2.38. The molecule has 1 amide bonds. The lowest BCUT2D eigenvalue weighted by molar-refractivity contribution is 0.0721. The van der Waals surface area contributed by atoms with E-state index in [1.54, 1.807) is 30.5 Å². The van der Waals surface area contributed by atoms with E-state index in [1.165, 1.54) is 0 Å². The quantitative estimate of drug-likeness (QED) is 0.870. The molecule has 3 rings (SSSR count). The van der Waals surface area contributed by atoms with Gasteiger partial charge in [-0.25, -0.2) is 13.6 Å². The van der Waals surface area contributed by atoms with Crippen LogP contribution in [0.5, 0.6) is 0 Å². The van der Waals surface area contributed by atoms with Crippen molar-refractivity contribution in [3.63, 3.8) is 0 Å². The van der Waals surface area contributed by atoms with E-state index in [-0.39, 0.29) is 17.7 Å². The molecule has 24 heavy (non-hydrogen) atoms. The molecule has 0 spiro atoms. The van der Waals surface area contributed by atoms with E-state index in [0.29, 0.717) is 17.7 Å². The Hall–Kier alpha value is -2.19. The minimum Gasteiger partial charge on any atom is -0.334 e. The average molecular weight is 348 g/mol. The Kier molecular flexibility index (Phi) is 4.68. The van der Waals surface area contributed by atoms with Crippen LogP contribution in [0.1, 0.15) is 28.8 Å². The topological polar surface area (TPSA) is 98.3 Å². The number of amides is 1. The van der Waals surface area contributed by atoms with Crippen molar-refractivity contribution in [2.75, 3.05) is 6.54 Å². The van der Waals surface area contributed by atoms with Gasteiger partial charge < -0.3 is 4.90 Å². The van der Waals surface area contributed by atoms with Crippen LogP contribution < -0.4 is 5.14 Å². The zero-order chi connectivity index (χ0) is 17.2. The summed E-state index contributed by atoms with van der Waals surface area (Å²) in [7, 11) is -3.57. The Balaban J connectivity index is 1.70. The Morgan fingerprint density at radius 2 is 2.04 bits per heavy atom. The standard InChI is InChI=1S/C16H20N4O3S/c17-24(22,23)12-13-4-6-14(7-5-13)16(21)20-10-1-3-15(20)11-19-9-2-8-18-19/h2,4-9,15H,1,3,10-12H2,(H2,17,22,23)/t15-/m0/s1. The van der Waals surface area contributed by atoms with E-state index in [0.717, 1.165) is 19.4 Å². The molecule has 0 bridgehead atoms. The molecule has 7 nitrogen and oxygen atoms in total. The first-order valence-corrected chi connectivity index (χ1v) is 9.52. The van der Waals surface area contributed by atoms with Crippen LogP contribution in [0.2, 0.25) is 0 Å². The van der Waals surface area contributed by atoms with Gasteiger partial charge in [-0.05, 0) is 36.6 Å². The smallest absolute Gasteiger partial charge is 0.254 e. The molecule has 1 aromatic heterocycles. The fourth-order valence-electron chi connectivity index (χ4n) is 3.06. The summed E-state index contributed by atoms with van der Waals surface area (Å²) >= 11 is 0. The Labute approximate surface area is 141 Å². The molecule has 128 valence electrons. The summed E-state index contributed by atoms with van der Waals surface area (Å²) in [5, 5.41) is 9.24. The fourth-order valence-corrected chi connectivity index (χ4v) is 3.72. The van der Waals surface area contributed by atoms with E-state index in [2.05, 4.69) is 5.10 Å². The van der Waals surface area contributed by atoms with E-state index >= 15 is 0 Å². The number of primary sulfonamides is 1. The van der Waals surface area contributed by atoms with Gasteiger partial charge in [0, 0.05) is 24.5 Å². The van der Waals surface area contributed by atoms with Crippen molar-refractivity contribution in [2.24, 2.45) is 5.14 Å². The predicted octanol–water partition coefficient (Wildman–Crippen LogP) is 0.976. The summed E-state index contributed by atoms with van der Waals surface area (Å²) in [6, 6.07) is 8.58. The van der Waals surface area contributed by atoms with Crippen molar-refractivity contribution in [2.45, 2.75) is 31.2 Å². The summed E-state index contributed by atoms with van der Waals surface area (Å²) in [5.74, 6) is -0.264. The van der Waals surface area contributed by atoms with Crippen LogP contribution in [0.4, 0.5) is 0 Å². The third-order valence-electron chi connectivity index (χ3n) is 4.16. The first kappa shape index (κ1) is 16.7. The number of likely N-dealkylation sites (tertiary alicyclic amines) is 1. The molecule has 2 N–H and O–H groups in total. The molecule has 0 radical (unpaired) electrons. The van der Waals surface area contributed by atoms with Crippen molar-refractivity contribution in [3.8, 4) is 0 Å². The number of benzene rings is 1. The zero-order valence-corrected chi connectivity index (χ0v) is 14.0. The van der Waals surface area contributed by atoms with Crippen LogP contribution in [0.25, 0.3) is 0 Å². The van der Waals surface area contributed by atoms with Crippen molar-refractivity contribution >= 4 is 15.9 Å². The SMILES string of the molecule is NS(=O)(=O)Cc1ccc(C(=O)N2CCC[C@H]2Cn2cccn2)cc1. The Morgan fingerprint density at radius 3 is 2.67 bits per heavy atom. The van der Waals surface area contributed by atoms with Gasteiger partial charge in [0.25, 0.3) is 5.91 Å². The van der Waals surface area contributed by atoms with E-state index in [1.807, 2.05) is 21.8 Å². The molecule has 1 aromatic carbocycles. The van der Waals surface area contributed by atoms with Crippen LogP contribution in [0, 0.1) is 0 Å². The molecular formula is C16H20N4O3S. The number of hydrogen-bond donors (Lipinski definition) is 1.